The molecule has 2 aromatic carbocycles. The third-order valence-electron chi connectivity index (χ3n) is 3.91. The normalized spacial score (nSPS) is 10.7. The van der Waals surface area contributed by atoms with Crippen LogP contribution in [-0.4, -0.2) is 10.9 Å². The van der Waals surface area contributed by atoms with Crippen molar-refractivity contribution in [2.24, 2.45) is 0 Å². The van der Waals surface area contributed by atoms with E-state index < -0.39 is 0 Å². The summed E-state index contributed by atoms with van der Waals surface area (Å²) < 4.78 is 1.03. The summed E-state index contributed by atoms with van der Waals surface area (Å²) in [5.74, 6) is -0.0382. The lowest BCUT2D eigenvalue weighted by atomic mass is 10.1. The molecule has 0 aliphatic carbocycles. The Morgan fingerprint density at radius 3 is 2.69 bits per heavy atom. The van der Waals surface area contributed by atoms with Gasteiger partial charge in [-0.3, -0.25) is 4.79 Å². The summed E-state index contributed by atoms with van der Waals surface area (Å²) in [5.41, 5.74) is 3.05. The zero-order chi connectivity index (χ0) is 18.5. The fourth-order valence-electron chi connectivity index (χ4n) is 2.61. The maximum Gasteiger partial charge on any atom is 0.226 e. The van der Waals surface area contributed by atoms with E-state index in [-0.39, 0.29) is 5.91 Å². The molecule has 0 radical (unpaired) electrons. The number of thiazole rings is 1. The van der Waals surface area contributed by atoms with Crippen LogP contribution < -0.4 is 5.32 Å². The van der Waals surface area contributed by atoms with Crippen LogP contribution in [0.3, 0.4) is 0 Å². The smallest absolute Gasteiger partial charge is 0.226 e. The Kier molecular flexibility index (Phi) is 6.46. The molecule has 0 fully saturated rings. The summed E-state index contributed by atoms with van der Waals surface area (Å²) in [6, 6.07) is 15.6. The first-order valence-electron chi connectivity index (χ1n) is 8.35. The van der Waals surface area contributed by atoms with Gasteiger partial charge in [0.2, 0.25) is 5.91 Å². The van der Waals surface area contributed by atoms with Crippen molar-refractivity contribution in [3.05, 3.63) is 68.5 Å². The van der Waals surface area contributed by atoms with Gasteiger partial charge in [-0.2, -0.15) is 0 Å². The molecule has 0 saturated carbocycles. The van der Waals surface area contributed by atoms with E-state index in [1.807, 2.05) is 48.5 Å². The van der Waals surface area contributed by atoms with Crippen molar-refractivity contribution in [1.82, 2.24) is 4.98 Å². The third-order valence-corrected chi connectivity index (χ3v) is 5.79. The van der Waals surface area contributed by atoms with Crippen molar-refractivity contribution in [2.75, 3.05) is 5.32 Å². The predicted octanol–water partition coefficient (Wildman–Crippen LogP) is 6.36. The minimum atomic E-state index is -0.0382. The minimum absolute atomic E-state index is 0.0382. The molecule has 0 unspecified atom stereocenters. The standard InChI is InChI=1S/C20H18BrClN2OS/c1-2-17-19(14-7-9-15(21)10-8-14)24-20(26-17)23-18(25)11-6-13-4-3-5-16(22)12-13/h3-5,7-10,12H,2,6,11H2,1H3,(H,23,24,25). The number of halogens is 2. The fraction of sp³-hybridized carbons (Fsp3) is 0.200. The molecule has 3 rings (SSSR count). The second-order valence-corrected chi connectivity index (χ2v) is 8.27. The molecule has 0 saturated heterocycles. The number of anilines is 1. The lowest BCUT2D eigenvalue weighted by Crippen LogP contribution is -2.12. The van der Waals surface area contributed by atoms with Crippen molar-refractivity contribution in [3.63, 3.8) is 0 Å². The molecular weight excluding hydrogens is 432 g/mol. The monoisotopic (exact) mass is 448 g/mol. The second kappa shape index (κ2) is 8.80. The van der Waals surface area contributed by atoms with Gasteiger partial charge in [0.05, 0.1) is 5.69 Å². The minimum Gasteiger partial charge on any atom is -0.302 e. The van der Waals surface area contributed by atoms with Gasteiger partial charge in [0.15, 0.2) is 5.13 Å². The molecular formula is C20H18BrClN2OS. The highest BCUT2D eigenvalue weighted by Crippen LogP contribution is 2.32. The first-order valence-corrected chi connectivity index (χ1v) is 10.3. The van der Waals surface area contributed by atoms with E-state index >= 15 is 0 Å². The summed E-state index contributed by atoms with van der Waals surface area (Å²) in [5, 5.41) is 4.27. The number of carbonyl (C=O) groups is 1. The van der Waals surface area contributed by atoms with Gasteiger partial charge in [0.1, 0.15) is 0 Å². The van der Waals surface area contributed by atoms with Gasteiger partial charge in [0, 0.05) is 26.4 Å². The van der Waals surface area contributed by atoms with Crippen LogP contribution in [0, 0.1) is 0 Å². The molecule has 0 aliphatic heterocycles. The maximum absolute atomic E-state index is 12.3. The van der Waals surface area contributed by atoms with E-state index in [9.17, 15) is 4.79 Å². The Morgan fingerprint density at radius 1 is 1.23 bits per heavy atom. The van der Waals surface area contributed by atoms with E-state index in [0.717, 1.165) is 32.6 Å². The molecule has 0 aliphatic rings. The van der Waals surface area contributed by atoms with Crippen molar-refractivity contribution < 1.29 is 4.79 Å². The molecule has 3 aromatic rings. The van der Waals surface area contributed by atoms with E-state index in [1.54, 1.807) is 0 Å². The summed E-state index contributed by atoms with van der Waals surface area (Å²) in [7, 11) is 0. The Hall–Kier alpha value is -1.69. The van der Waals surface area contributed by atoms with Gasteiger partial charge < -0.3 is 5.32 Å². The first-order chi connectivity index (χ1) is 12.5. The molecule has 134 valence electrons. The number of benzene rings is 2. The number of aromatic nitrogens is 1. The summed E-state index contributed by atoms with van der Waals surface area (Å²) >= 11 is 11.0. The Morgan fingerprint density at radius 2 is 2.00 bits per heavy atom. The van der Waals surface area contributed by atoms with Gasteiger partial charge in [0.25, 0.3) is 0 Å². The first kappa shape index (κ1) is 19.1. The van der Waals surface area contributed by atoms with E-state index in [2.05, 4.69) is 33.2 Å². The number of nitrogens with one attached hydrogen (secondary N) is 1. The van der Waals surface area contributed by atoms with Crippen LogP contribution in [0.1, 0.15) is 23.8 Å². The van der Waals surface area contributed by atoms with Crippen molar-refractivity contribution in [1.29, 1.82) is 0 Å². The van der Waals surface area contributed by atoms with E-state index in [1.165, 1.54) is 11.3 Å². The molecule has 1 N–H and O–H groups in total. The highest BCUT2D eigenvalue weighted by atomic mass is 79.9. The fourth-order valence-corrected chi connectivity index (χ4v) is 4.03. The largest absolute Gasteiger partial charge is 0.302 e. The molecule has 1 aromatic heterocycles. The zero-order valence-electron chi connectivity index (χ0n) is 14.3. The van der Waals surface area contributed by atoms with Crippen molar-refractivity contribution in [2.45, 2.75) is 26.2 Å². The Balaban J connectivity index is 1.67. The van der Waals surface area contributed by atoms with Crippen LogP contribution in [-0.2, 0) is 17.6 Å². The van der Waals surface area contributed by atoms with Crippen molar-refractivity contribution in [3.8, 4) is 11.3 Å². The van der Waals surface area contributed by atoms with Gasteiger partial charge in [-0.15, -0.1) is 11.3 Å². The highest BCUT2D eigenvalue weighted by molar-refractivity contribution is 9.10. The van der Waals surface area contributed by atoms with Gasteiger partial charge in [-0.25, -0.2) is 4.98 Å². The van der Waals surface area contributed by atoms with Gasteiger partial charge in [-0.05, 0) is 42.7 Å². The summed E-state index contributed by atoms with van der Waals surface area (Å²) in [4.78, 5) is 18.1. The van der Waals surface area contributed by atoms with Crippen LogP contribution in [0.4, 0.5) is 5.13 Å². The van der Waals surface area contributed by atoms with Crippen LogP contribution >= 0.6 is 38.9 Å². The summed E-state index contributed by atoms with van der Waals surface area (Å²) in [6.07, 6.45) is 1.93. The van der Waals surface area contributed by atoms with E-state index in [0.29, 0.717) is 23.0 Å². The molecule has 6 heteroatoms. The van der Waals surface area contributed by atoms with Crippen LogP contribution in [0.2, 0.25) is 5.02 Å². The molecule has 1 heterocycles. The number of amides is 1. The Labute approximate surface area is 170 Å². The quantitative estimate of drug-likeness (QED) is 0.476. The lowest BCUT2D eigenvalue weighted by Gasteiger charge is -2.03. The van der Waals surface area contributed by atoms with Crippen LogP contribution in [0.25, 0.3) is 11.3 Å². The molecule has 0 bridgehead atoms. The molecule has 0 spiro atoms. The number of hydrogen-bond donors (Lipinski definition) is 1. The van der Waals surface area contributed by atoms with Crippen LogP contribution in [0.15, 0.2) is 53.0 Å². The predicted molar refractivity (Wildman–Crippen MR) is 113 cm³/mol. The van der Waals surface area contributed by atoms with Crippen molar-refractivity contribution >= 4 is 49.9 Å². The highest BCUT2D eigenvalue weighted by Gasteiger charge is 2.14. The number of hydrogen-bond acceptors (Lipinski definition) is 3. The summed E-state index contributed by atoms with van der Waals surface area (Å²) in [6.45, 7) is 2.10. The number of nitrogens with zero attached hydrogens (tertiary/aromatic N) is 1. The molecule has 1 amide bonds. The maximum atomic E-state index is 12.3. The molecule has 3 nitrogen and oxygen atoms in total. The van der Waals surface area contributed by atoms with E-state index in [4.69, 9.17) is 11.6 Å². The zero-order valence-corrected chi connectivity index (χ0v) is 17.4. The topological polar surface area (TPSA) is 42.0 Å². The van der Waals surface area contributed by atoms with Gasteiger partial charge >= 0.3 is 0 Å². The second-order valence-electron chi connectivity index (χ2n) is 5.83. The lowest BCUT2D eigenvalue weighted by molar-refractivity contribution is -0.116. The Bertz CT molecular complexity index is 908. The number of carbonyl (C=O) groups excluding carboxylic acids is 1. The number of rotatable bonds is 6. The average Bonchev–Trinajstić information content (AvgIpc) is 3.03. The van der Waals surface area contributed by atoms with Gasteiger partial charge in [-0.1, -0.05) is 58.7 Å². The number of aryl methyl sites for hydroxylation is 2. The molecule has 26 heavy (non-hydrogen) atoms. The third kappa shape index (κ3) is 4.93. The molecule has 0 atom stereocenters. The SMILES string of the molecule is CCc1sc(NC(=O)CCc2cccc(Cl)c2)nc1-c1ccc(Br)cc1. The average molecular weight is 450 g/mol. The van der Waals surface area contributed by atoms with Crippen LogP contribution in [0.5, 0.6) is 0 Å².